The Bertz CT molecular complexity index is 488. The van der Waals surface area contributed by atoms with Crippen molar-refractivity contribution in [1.29, 1.82) is 0 Å². The molecule has 0 fully saturated rings. The number of non-ortho nitro benzene ring substituents is 1. The molecule has 1 aromatic rings. The number of rotatable bonds is 6. The molecule has 1 amide bonds. The smallest absolute Gasteiger partial charge is 0.269 e. The van der Waals surface area contributed by atoms with Crippen LogP contribution in [0.3, 0.4) is 0 Å². The van der Waals surface area contributed by atoms with Gasteiger partial charge in [0.05, 0.1) is 17.0 Å². The number of carbonyl (C=O) groups excluding carboxylic acids is 1. The Kier molecular flexibility index (Phi) is 5.20. The highest BCUT2D eigenvalue weighted by Crippen LogP contribution is 2.18. The summed E-state index contributed by atoms with van der Waals surface area (Å²) in [6, 6.07) is 5.14. The van der Waals surface area contributed by atoms with Gasteiger partial charge in [-0.1, -0.05) is 18.2 Å². The highest BCUT2D eigenvalue weighted by Gasteiger charge is 2.16. The van der Waals surface area contributed by atoms with Gasteiger partial charge in [0.25, 0.3) is 5.69 Å². The Labute approximate surface area is 111 Å². The van der Waals surface area contributed by atoms with Crippen molar-refractivity contribution in [2.45, 2.75) is 25.4 Å². The molecule has 0 aliphatic heterocycles. The van der Waals surface area contributed by atoms with Crippen molar-refractivity contribution in [3.05, 3.63) is 52.6 Å². The van der Waals surface area contributed by atoms with Crippen LogP contribution in [0, 0.1) is 10.1 Å². The lowest BCUT2D eigenvalue weighted by Crippen LogP contribution is -2.41. The van der Waals surface area contributed by atoms with Crippen LogP contribution in [0.1, 0.15) is 24.9 Å². The predicted molar refractivity (Wildman–Crippen MR) is 72.4 cm³/mol. The zero-order valence-corrected chi connectivity index (χ0v) is 10.7. The third-order valence-corrected chi connectivity index (χ3v) is 2.70. The van der Waals surface area contributed by atoms with Gasteiger partial charge in [0, 0.05) is 12.1 Å². The molecule has 6 nitrogen and oxygen atoms in total. The number of benzene rings is 1. The molecule has 0 saturated carbocycles. The summed E-state index contributed by atoms with van der Waals surface area (Å²) < 4.78 is 0. The third kappa shape index (κ3) is 4.18. The van der Waals surface area contributed by atoms with Crippen LogP contribution < -0.4 is 11.1 Å². The lowest BCUT2D eigenvalue weighted by molar-refractivity contribution is -0.384. The SMILES string of the molecule is C=CCC(N)C(=O)NC(C)c1cccc([N+](=O)[O-])c1. The van der Waals surface area contributed by atoms with Gasteiger partial charge in [0.15, 0.2) is 0 Å². The Morgan fingerprint density at radius 3 is 2.89 bits per heavy atom. The molecular weight excluding hydrogens is 246 g/mol. The van der Waals surface area contributed by atoms with Crippen LogP contribution in [0.5, 0.6) is 0 Å². The van der Waals surface area contributed by atoms with E-state index >= 15 is 0 Å². The first-order valence-electron chi connectivity index (χ1n) is 5.87. The Balaban J connectivity index is 2.75. The van der Waals surface area contributed by atoms with E-state index in [0.29, 0.717) is 12.0 Å². The number of nitro groups is 1. The standard InChI is InChI=1S/C13H17N3O3/c1-3-5-12(14)13(17)15-9(2)10-6-4-7-11(8-10)16(18)19/h3-4,6-9,12H,1,5,14H2,2H3,(H,15,17). The summed E-state index contributed by atoms with van der Waals surface area (Å²) in [4.78, 5) is 21.9. The maximum Gasteiger partial charge on any atom is 0.269 e. The van der Waals surface area contributed by atoms with Crippen LogP contribution >= 0.6 is 0 Å². The number of nitrogens with zero attached hydrogens (tertiary/aromatic N) is 1. The average molecular weight is 263 g/mol. The number of carbonyl (C=O) groups is 1. The summed E-state index contributed by atoms with van der Waals surface area (Å²) in [7, 11) is 0. The van der Waals surface area contributed by atoms with E-state index in [0.717, 1.165) is 0 Å². The molecule has 0 saturated heterocycles. The quantitative estimate of drug-likeness (QED) is 0.463. The van der Waals surface area contributed by atoms with Crippen LogP contribution in [-0.2, 0) is 4.79 Å². The maximum absolute atomic E-state index is 11.7. The highest BCUT2D eigenvalue weighted by atomic mass is 16.6. The lowest BCUT2D eigenvalue weighted by Gasteiger charge is -2.17. The van der Waals surface area contributed by atoms with Gasteiger partial charge < -0.3 is 11.1 Å². The monoisotopic (exact) mass is 263 g/mol. The molecule has 6 heteroatoms. The Morgan fingerprint density at radius 2 is 2.32 bits per heavy atom. The summed E-state index contributed by atoms with van der Waals surface area (Å²) in [6.07, 6.45) is 1.95. The molecule has 2 atom stereocenters. The Morgan fingerprint density at radius 1 is 1.63 bits per heavy atom. The summed E-state index contributed by atoms with van der Waals surface area (Å²) in [5, 5.41) is 13.4. The third-order valence-electron chi connectivity index (χ3n) is 2.70. The van der Waals surface area contributed by atoms with E-state index < -0.39 is 11.0 Å². The molecular formula is C13H17N3O3. The van der Waals surface area contributed by atoms with Crippen molar-refractivity contribution in [2.75, 3.05) is 0 Å². The number of nitrogens with two attached hydrogens (primary N) is 1. The maximum atomic E-state index is 11.7. The van der Waals surface area contributed by atoms with E-state index in [9.17, 15) is 14.9 Å². The molecule has 0 radical (unpaired) electrons. The van der Waals surface area contributed by atoms with Gasteiger partial charge in [-0.3, -0.25) is 14.9 Å². The zero-order valence-electron chi connectivity index (χ0n) is 10.7. The molecule has 1 aromatic carbocycles. The van der Waals surface area contributed by atoms with Gasteiger partial charge in [-0.05, 0) is 18.9 Å². The van der Waals surface area contributed by atoms with Gasteiger partial charge in [0.2, 0.25) is 5.91 Å². The van der Waals surface area contributed by atoms with Crippen LogP contribution in [-0.4, -0.2) is 16.9 Å². The van der Waals surface area contributed by atoms with E-state index in [2.05, 4.69) is 11.9 Å². The first-order valence-corrected chi connectivity index (χ1v) is 5.87. The van der Waals surface area contributed by atoms with E-state index in [-0.39, 0.29) is 17.6 Å². The fourth-order valence-corrected chi connectivity index (χ4v) is 1.60. The molecule has 0 aliphatic rings. The minimum Gasteiger partial charge on any atom is -0.348 e. The molecule has 102 valence electrons. The molecule has 19 heavy (non-hydrogen) atoms. The molecule has 2 unspecified atom stereocenters. The molecule has 0 bridgehead atoms. The number of nitrogens with one attached hydrogen (secondary N) is 1. The predicted octanol–water partition coefficient (Wildman–Crippen LogP) is 1.68. The van der Waals surface area contributed by atoms with Crippen molar-refractivity contribution in [3.63, 3.8) is 0 Å². The minimum atomic E-state index is -0.654. The number of nitro benzene ring substituents is 1. The number of hydrogen-bond donors (Lipinski definition) is 2. The second kappa shape index (κ2) is 6.65. The van der Waals surface area contributed by atoms with Crippen molar-refractivity contribution in [1.82, 2.24) is 5.32 Å². The van der Waals surface area contributed by atoms with Gasteiger partial charge >= 0.3 is 0 Å². The van der Waals surface area contributed by atoms with Crippen molar-refractivity contribution in [2.24, 2.45) is 5.73 Å². The number of hydrogen-bond acceptors (Lipinski definition) is 4. The highest BCUT2D eigenvalue weighted by molar-refractivity contribution is 5.82. The molecule has 0 aromatic heterocycles. The Hall–Kier alpha value is -2.21. The molecule has 1 rings (SSSR count). The average Bonchev–Trinajstić information content (AvgIpc) is 2.39. The van der Waals surface area contributed by atoms with Crippen molar-refractivity contribution < 1.29 is 9.72 Å². The normalized spacial score (nSPS) is 13.4. The summed E-state index contributed by atoms with van der Waals surface area (Å²) >= 11 is 0. The van der Waals surface area contributed by atoms with Gasteiger partial charge in [-0.2, -0.15) is 0 Å². The first-order chi connectivity index (χ1) is 8.95. The molecule has 0 spiro atoms. The van der Waals surface area contributed by atoms with Crippen LogP contribution in [0.25, 0.3) is 0 Å². The van der Waals surface area contributed by atoms with Gasteiger partial charge in [-0.25, -0.2) is 0 Å². The van der Waals surface area contributed by atoms with Gasteiger partial charge in [0.1, 0.15) is 0 Å². The topological polar surface area (TPSA) is 98.3 Å². The summed E-state index contributed by atoms with van der Waals surface area (Å²) in [5.41, 5.74) is 6.30. The van der Waals surface area contributed by atoms with E-state index in [1.165, 1.54) is 12.1 Å². The second-order valence-electron chi connectivity index (χ2n) is 4.21. The summed E-state index contributed by atoms with van der Waals surface area (Å²) in [5.74, 6) is -0.307. The minimum absolute atomic E-state index is 0.00557. The first kappa shape index (κ1) is 14.8. The van der Waals surface area contributed by atoms with Crippen LogP contribution in [0.4, 0.5) is 5.69 Å². The van der Waals surface area contributed by atoms with E-state index in [1.807, 2.05) is 0 Å². The number of amides is 1. The molecule has 3 N–H and O–H groups in total. The van der Waals surface area contributed by atoms with E-state index in [1.54, 1.807) is 25.1 Å². The van der Waals surface area contributed by atoms with Crippen molar-refractivity contribution in [3.8, 4) is 0 Å². The fourth-order valence-electron chi connectivity index (χ4n) is 1.60. The lowest BCUT2D eigenvalue weighted by atomic mass is 10.1. The van der Waals surface area contributed by atoms with Crippen LogP contribution in [0.15, 0.2) is 36.9 Å². The second-order valence-corrected chi connectivity index (χ2v) is 4.21. The van der Waals surface area contributed by atoms with E-state index in [4.69, 9.17) is 5.73 Å². The largest absolute Gasteiger partial charge is 0.348 e. The van der Waals surface area contributed by atoms with Crippen molar-refractivity contribution >= 4 is 11.6 Å². The molecule has 0 aliphatic carbocycles. The summed E-state index contributed by atoms with van der Waals surface area (Å²) in [6.45, 7) is 5.26. The van der Waals surface area contributed by atoms with Crippen LogP contribution in [0.2, 0.25) is 0 Å². The molecule has 0 heterocycles. The zero-order chi connectivity index (χ0) is 14.4. The van der Waals surface area contributed by atoms with Gasteiger partial charge in [-0.15, -0.1) is 6.58 Å². The fraction of sp³-hybridized carbons (Fsp3) is 0.308.